The number of aliphatic hydroxyl groups excluding tert-OH is 1. The largest absolute Gasteiger partial charge is 0.388 e. The molecule has 1 aliphatic carbocycles. The predicted molar refractivity (Wildman–Crippen MR) is 80.5 cm³/mol. The summed E-state index contributed by atoms with van der Waals surface area (Å²) in [5.74, 6) is -0.268. The van der Waals surface area contributed by atoms with Crippen LogP contribution in [0.3, 0.4) is 0 Å². The molecule has 0 bridgehead atoms. The number of halogens is 2. The second-order valence-corrected chi connectivity index (χ2v) is 7.07. The van der Waals surface area contributed by atoms with Gasteiger partial charge < -0.3 is 9.67 Å². The quantitative estimate of drug-likeness (QED) is 0.820. The lowest BCUT2D eigenvalue weighted by Gasteiger charge is -2.34. The number of aliphatic hydroxyl groups is 1. The van der Waals surface area contributed by atoms with Crippen molar-refractivity contribution in [3.8, 4) is 5.69 Å². The van der Waals surface area contributed by atoms with Crippen LogP contribution in [0.5, 0.6) is 0 Å². The summed E-state index contributed by atoms with van der Waals surface area (Å²) >= 11 is 3.42. The van der Waals surface area contributed by atoms with Crippen molar-refractivity contribution in [3.63, 3.8) is 0 Å². The number of para-hydroxylation sites is 1. The maximum atomic E-state index is 14.2. The van der Waals surface area contributed by atoms with Gasteiger partial charge in [0.05, 0.1) is 11.8 Å². The molecule has 1 N–H and O–H groups in total. The average Bonchev–Trinajstić information content (AvgIpc) is 2.71. The van der Waals surface area contributed by atoms with Crippen molar-refractivity contribution in [1.29, 1.82) is 0 Å². The first kappa shape index (κ1) is 13.8. The van der Waals surface area contributed by atoms with Crippen molar-refractivity contribution in [2.75, 3.05) is 0 Å². The molecule has 1 aromatic carbocycles. The van der Waals surface area contributed by atoms with Crippen molar-refractivity contribution < 1.29 is 9.50 Å². The van der Waals surface area contributed by atoms with Gasteiger partial charge in [-0.2, -0.15) is 0 Å². The molecule has 106 valence electrons. The zero-order valence-corrected chi connectivity index (χ0v) is 13.1. The molecule has 20 heavy (non-hydrogen) atoms. The number of hydrogen-bond acceptors (Lipinski definition) is 1. The van der Waals surface area contributed by atoms with Crippen molar-refractivity contribution in [2.24, 2.45) is 5.41 Å². The summed E-state index contributed by atoms with van der Waals surface area (Å²) in [4.78, 5) is 0. The van der Waals surface area contributed by atoms with Gasteiger partial charge >= 0.3 is 0 Å². The van der Waals surface area contributed by atoms with E-state index in [4.69, 9.17) is 0 Å². The fourth-order valence-corrected chi connectivity index (χ4v) is 3.59. The highest BCUT2D eigenvalue weighted by Gasteiger charge is 2.33. The van der Waals surface area contributed by atoms with Gasteiger partial charge in [0.1, 0.15) is 5.82 Å². The molecule has 0 amide bonds. The molecule has 0 spiro atoms. The van der Waals surface area contributed by atoms with Crippen molar-refractivity contribution in [1.82, 2.24) is 4.57 Å². The molecule has 0 saturated heterocycles. The van der Waals surface area contributed by atoms with Gasteiger partial charge in [-0.05, 0) is 52.4 Å². The Hall–Kier alpha value is -1.13. The second-order valence-electron chi connectivity index (χ2n) is 6.22. The minimum Gasteiger partial charge on any atom is -0.388 e. The Kier molecular flexibility index (Phi) is 3.26. The molecule has 0 aliphatic heterocycles. The highest BCUT2D eigenvalue weighted by atomic mass is 79.9. The van der Waals surface area contributed by atoms with E-state index < -0.39 is 6.10 Å². The third-order valence-corrected chi connectivity index (χ3v) is 4.60. The first-order valence-corrected chi connectivity index (χ1v) is 7.51. The van der Waals surface area contributed by atoms with Gasteiger partial charge in [0.25, 0.3) is 0 Å². The number of fused-ring (bicyclic) bond motifs is 1. The van der Waals surface area contributed by atoms with E-state index in [2.05, 4.69) is 29.8 Å². The summed E-state index contributed by atoms with van der Waals surface area (Å²) in [5, 5.41) is 10.3. The van der Waals surface area contributed by atoms with Crippen LogP contribution in [0.25, 0.3) is 5.69 Å². The topological polar surface area (TPSA) is 25.2 Å². The maximum Gasteiger partial charge on any atom is 0.148 e. The van der Waals surface area contributed by atoms with Crippen molar-refractivity contribution >= 4 is 15.9 Å². The van der Waals surface area contributed by atoms with Gasteiger partial charge in [-0.15, -0.1) is 0 Å². The minimum absolute atomic E-state index is 0.0141. The van der Waals surface area contributed by atoms with E-state index in [1.807, 2.05) is 22.9 Å². The van der Waals surface area contributed by atoms with Crippen LogP contribution in [0.1, 0.15) is 37.6 Å². The summed E-state index contributed by atoms with van der Waals surface area (Å²) in [7, 11) is 0. The minimum atomic E-state index is -0.472. The lowest BCUT2D eigenvalue weighted by Crippen LogP contribution is -2.26. The Balaban J connectivity index is 2.19. The van der Waals surface area contributed by atoms with Gasteiger partial charge in [0, 0.05) is 21.9 Å². The number of aromatic nitrogens is 1. The van der Waals surface area contributed by atoms with Crippen LogP contribution in [0.15, 0.2) is 34.9 Å². The summed E-state index contributed by atoms with van der Waals surface area (Å²) in [6, 6.07) is 6.86. The van der Waals surface area contributed by atoms with Crippen LogP contribution in [0, 0.1) is 11.2 Å². The highest BCUT2D eigenvalue weighted by molar-refractivity contribution is 9.10. The zero-order valence-electron chi connectivity index (χ0n) is 11.5. The van der Waals surface area contributed by atoms with Gasteiger partial charge in [-0.25, -0.2) is 4.39 Å². The van der Waals surface area contributed by atoms with E-state index in [0.29, 0.717) is 10.2 Å². The SMILES string of the molecule is CC1(C)Cc2c(ccn2-c2c(F)cccc2Br)C(O)C1. The molecule has 1 aliphatic rings. The normalized spacial score (nSPS) is 20.8. The maximum absolute atomic E-state index is 14.2. The summed E-state index contributed by atoms with van der Waals surface area (Å²) < 4.78 is 16.7. The molecule has 2 aromatic rings. The van der Waals surface area contributed by atoms with Crippen LogP contribution in [0.4, 0.5) is 4.39 Å². The monoisotopic (exact) mass is 337 g/mol. The third-order valence-electron chi connectivity index (χ3n) is 3.96. The number of benzene rings is 1. The summed E-state index contributed by atoms with van der Waals surface area (Å²) in [6.45, 7) is 4.26. The van der Waals surface area contributed by atoms with E-state index in [1.54, 1.807) is 6.07 Å². The van der Waals surface area contributed by atoms with E-state index in [1.165, 1.54) is 6.07 Å². The fraction of sp³-hybridized carbons (Fsp3) is 0.375. The highest BCUT2D eigenvalue weighted by Crippen LogP contribution is 2.42. The molecular weight excluding hydrogens is 321 g/mol. The summed E-state index contributed by atoms with van der Waals surface area (Å²) in [5.41, 5.74) is 2.44. The summed E-state index contributed by atoms with van der Waals surface area (Å²) in [6.07, 6.45) is 2.94. The van der Waals surface area contributed by atoms with Gasteiger partial charge in [0.2, 0.25) is 0 Å². The first-order valence-electron chi connectivity index (χ1n) is 6.72. The lowest BCUT2D eigenvalue weighted by molar-refractivity contribution is 0.0986. The van der Waals surface area contributed by atoms with Crippen LogP contribution >= 0.6 is 15.9 Å². The van der Waals surface area contributed by atoms with Crippen LogP contribution in [-0.4, -0.2) is 9.67 Å². The van der Waals surface area contributed by atoms with E-state index in [-0.39, 0.29) is 11.2 Å². The number of hydrogen-bond donors (Lipinski definition) is 1. The number of nitrogens with zero attached hydrogens (tertiary/aromatic N) is 1. The molecular formula is C16H17BrFNO. The molecule has 1 heterocycles. The smallest absolute Gasteiger partial charge is 0.148 e. The van der Waals surface area contributed by atoms with Gasteiger partial charge in [-0.3, -0.25) is 0 Å². The Morgan fingerprint density at radius 2 is 2.10 bits per heavy atom. The standard InChI is InChI=1S/C16H17BrFNO/c1-16(2)8-13-10(14(20)9-16)6-7-19(13)15-11(17)4-3-5-12(15)18/h3-7,14,20H,8-9H2,1-2H3. The molecule has 1 aromatic heterocycles. The molecule has 0 fully saturated rings. The van der Waals surface area contributed by atoms with E-state index in [0.717, 1.165) is 24.1 Å². The van der Waals surface area contributed by atoms with Gasteiger partial charge in [-0.1, -0.05) is 19.9 Å². The molecule has 1 unspecified atom stereocenters. The zero-order chi connectivity index (χ0) is 14.5. The van der Waals surface area contributed by atoms with Crippen molar-refractivity contribution in [3.05, 3.63) is 52.0 Å². The molecule has 0 saturated carbocycles. The van der Waals surface area contributed by atoms with Gasteiger partial charge in [0.15, 0.2) is 0 Å². The average molecular weight is 338 g/mol. The molecule has 2 nitrogen and oxygen atoms in total. The number of rotatable bonds is 1. The second kappa shape index (κ2) is 4.71. The van der Waals surface area contributed by atoms with E-state index >= 15 is 0 Å². The van der Waals surface area contributed by atoms with Crippen LogP contribution in [0.2, 0.25) is 0 Å². The van der Waals surface area contributed by atoms with Crippen molar-refractivity contribution in [2.45, 2.75) is 32.8 Å². The predicted octanol–water partition coefficient (Wildman–Crippen LogP) is 4.38. The third kappa shape index (κ3) is 2.21. The molecule has 3 rings (SSSR count). The van der Waals surface area contributed by atoms with Crippen LogP contribution < -0.4 is 0 Å². The van der Waals surface area contributed by atoms with E-state index in [9.17, 15) is 9.50 Å². The molecule has 1 atom stereocenters. The molecule has 0 radical (unpaired) electrons. The molecule has 4 heteroatoms. The fourth-order valence-electron chi connectivity index (χ4n) is 3.06. The first-order chi connectivity index (χ1) is 9.39. The Morgan fingerprint density at radius 3 is 2.80 bits per heavy atom. The Morgan fingerprint density at radius 1 is 1.35 bits per heavy atom. The van der Waals surface area contributed by atoms with Crippen LogP contribution in [-0.2, 0) is 6.42 Å². The lowest BCUT2D eigenvalue weighted by atomic mass is 9.75. The Labute approximate surface area is 126 Å². The Bertz CT molecular complexity index is 642.